The van der Waals surface area contributed by atoms with Gasteiger partial charge in [0.2, 0.25) is 0 Å². The van der Waals surface area contributed by atoms with Gasteiger partial charge in [0.05, 0.1) is 42.9 Å². The van der Waals surface area contributed by atoms with Gasteiger partial charge in [-0.2, -0.15) is 67.4 Å². The summed E-state index contributed by atoms with van der Waals surface area (Å²) >= 11 is 0. The van der Waals surface area contributed by atoms with Crippen molar-refractivity contribution in [1.29, 1.82) is 5.26 Å². The molecular formula is C89H134F20N8O4. The number of nitriles is 1. The molecule has 5 fully saturated rings. The van der Waals surface area contributed by atoms with E-state index in [1.807, 2.05) is 95.5 Å². The molecule has 10 rings (SSSR count). The predicted octanol–water partition coefficient (Wildman–Crippen LogP) is 28.0. The molecule has 0 amide bonds. The van der Waals surface area contributed by atoms with Crippen LogP contribution in [0.4, 0.5) is 87.8 Å². The number of nitrogens with zero attached hydrogens (tertiary/aromatic N) is 8. The summed E-state index contributed by atoms with van der Waals surface area (Å²) in [4.78, 5) is 17.4. The number of halogens is 20. The summed E-state index contributed by atoms with van der Waals surface area (Å²) in [6.07, 6.45) is 0.529. The minimum Gasteiger partial charge on any atom is -0.379 e. The number of rotatable bonds is 24. The molecule has 1 saturated heterocycles. The Hall–Kier alpha value is -6.30. The fourth-order valence-corrected chi connectivity index (χ4v) is 11.9. The summed E-state index contributed by atoms with van der Waals surface area (Å²) in [5.74, 6) is -15.7. The third-order valence-corrected chi connectivity index (χ3v) is 20.3. The van der Waals surface area contributed by atoms with Gasteiger partial charge in [-0.3, -0.25) is 19.5 Å². The van der Waals surface area contributed by atoms with Gasteiger partial charge in [-0.05, 0) is 194 Å². The van der Waals surface area contributed by atoms with Crippen molar-refractivity contribution in [2.45, 2.75) is 358 Å². The molecule has 0 bridgehead atoms. The zero-order chi connectivity index (χ0) is 92.8. The van der Waals surface area contributed by atoms with E-state index < -0.39 is 95.1 Å². The molecule has 0 radical (unpaired) electrons. The Morgan fingerprint density at radius 2 is 1.00 bits per heavy atom. The number of piperidine rings is 1. The molecule has 5 aromatic rings. The van der Waals surface area contributed by atoms with E-state index in [9.17, 15) is 87.8 Å². The third-order valence-electron chi connectivity index (χ3n) is 20.3. The van der Waals surface area contributed by atoms with Crippen molar-refractivity contribution in [3.05, 3.63) is 135 Å². The van der Waals surface area contributed by atoms with E-state index >= 15 is 0 Å². The monoisotopic (exact) mass is 1760 g/mol. The van der Waals surface area contributed by atoms with Crippen molar-refractivity contribution in [3.8, 4) is 6.07 Å². The molecule has 694 valence electrons. The minimum atomic E-state index is -4.01. The Balaban J connectivity index is 0.000000681. The van der Waals surface area contributed by atoms with Crippen LogP contribution in [0.25, 0.3) is 0 Å². The van der Waals surface area contributed by atoms with Gasteiger partial charge < -0.3 is 18.9 Å². The first-order chi connectivity index (χ1) is 54.5. The maximum atomic E-state index is 13.5. The average molecular weight is 1760 g/mol. The lowest BCUT2D eigenvalue weighted by atomic mass is 9.75. The van der Waals surface area contributed by atoms with Gasteiger partial charge in [0.15, 0.2) is 5.82 Å². The van der Waals surface area contributed by atoms with Gasteiger partial charge in [0.25, 0.3) is 35.5 Å². The number of benzene rings is 1. The molecule has 121 heavy (non-hydrogen) atoms. The molecule has 1 aliphatic heterocycles. The quantitative estimate of drug-likeness (QED) is 0.0547. The first kappa shape index (κ1) is 113. The molecule has 4 aromatic heterocycles. The molecule has 5 aliphatic rings. The van der Waals surface area contributed by atoms with Gasteiger partial charge in [-0.15, -0.1) is 0 Å². The molecule has 0 N–H and O–H groups in total. The Morgan fingerprint density at radius 1 is 0.537 bits per heavy atom. The van der Waals surface area contributed by atoms with Crippen LogP contribution >= 0.6 is 0 Å². The second-order valence-electron chi connectivity index (χ2n) is 35.0. The van der Waals surface area contributed by atoms with Crippen LogP contribution in [0.3, 0.4) is 0 Å². The topological polar surface area (TPSA) is 133 Å². The third kappa shape index (κ3) is 41.6. The van der Waals surface area contributed by atoms with Gasteiger partial charge >= 0.3 is 18.4 Å². The smallest absolute Gasteiger partial charge is 0.379 e. The van der Waals surface area contributed by atoms with Gasteiger partial charge in [-0.1, -0.05) is 115 Å². The van der Waals surface area contributed by atoms with Crippen LogP contribution in [0.15, 0.2) is 67.3 Å². The number of likely N-dealkylation sites (tertiary alicyclic amines) is 1. The van der Waals surface area contributed by atoms with Crippen LogP contribution in [0.1, 0.15) is 336 Å². The van der Waals surface area contributed by atoms with Gasteiger partial charge in [-0.25, -0.2) is 40.7 Å². The number of hydrogen-bond acceptors (Lipinski definition) is 11. The molecule has 12 nitrogen and oxygen atoms in total. The molecule has 3 atom stereocenters. The molecule has 4 aliphatic carbocycles. The van der Waals surface area contributed by atoms with Crippen LogP contribution in [0, 0.1) is 46.2 Å². The Morgan fingerprint density at radius 3 is 1.33 bits per heavy atom. The largest absolute Gasteiger partial charge is 0.392 e. The van der Waals surface area contributed by atoms with Crippen molar-refractivity contribution in [3.63, 3.8) is 0 Å². The number of ether oxygens (including phenoxy) is 4. The first-order valence-electron chi connectivity index (χ1n) is 40.9. The molecule has 0 spiro atoms. The van der Waals surface area contributed by atoms with Crippen LogP contribution in [-0.2, 0) is 49.7 Å². The van der Waals surface area contributed by atoms with E-state index in [4.69, 9.17) is 14.7 Å². The number of aromatic nitrogens is 6. The van der Waals surface area contributed by atoms with E-state index in [1.54, 1.807) is 44.0 Å². The normalized spacial score (nSPS) is 19.0. The molecule has 1 aromatic carbocycles. The van der Waals surface area contributed by atoms with Crippen LogP contribution in [0.5, 0.6) is 0 Å². The summed E-state index contributed by atoms with van der Waals surface area (Å²) < 4.78 is 275. The average Bonchev–Trinajstić information content (AvgIpc) is 1.63. The molecule has 0 unspecified atom stereocenters. The van der Waals surface area contributed by atoms with Gasteiger partial charge in [0, 0.05) is 115 Å². The van der Waals surface area contributed by atoms with E-state index in [2.05, 4.69) is 62.2 Å². The lowest BCUT2D eigenvalue weighted by Gasteiger charge is -2.40. The van der Waals surface area contributed by atoms with Crippen LogP contribution in [-0.4, -0.2) is 122 Å². The maximum Gasteiger partial charge on any atom is 0.392 e. The van der Waals surface area contributed by atoms with E-state index in [1.165, 1.54) is 59.7 Å². The fourth-order valence-electron chi connectivity index (χ4n) is 11.9. The number of hydrogen-bond donors (Lipinski definition) is 0. The standard InChI is InChI=1S/C11H12F2N2.C11H14F2.C10H17F4NO.C10H12F3N.C10H18F2O.C10H14N2.C9H14F2N2.C9H16F2O.C8H13F3O.CH4/c1-7(2)9-4-8(5-14)10(15-6-9)11(3,12)13;1-8(2)9-4-6-10(7-5-9)11(3,12)13;1-7(2)15-5-4-8(10(13,14)6-15)16-9(3,11)12;1-6(2)7-4-8(11)9(14-5-7)10(3,12)13;1-8(2)13-7-6-10(4-5-10)9(3,11)12;1-7(2)9-5-11-10(12-6-9)8-3-4-8;1-6(2)7-5-8(9(3,10)11)12-13(7)4;1-6(2)7-4-8(5-7)12-9(3,10)11;1-5(2)12-4-6-3-7(6)8(9,10)11;/h4,6-7H,1-3H3;4-8H,1-3H3;7-8H,4-6H2,1-3H3;4-6H,1-3H3;8H,4-7H2,1-3H3;5-8H,3-4H2,1-2H3;5-6H,1-4H3;6-8H,4-5H2,1-3H3;5-7H,3-4H2,1-2H3;1H4/t;;8-;;;;;;6-,7+;/m..0.....0./s1. The summed E-state index contributed by atoms with van der Waals surface area (Å²) in [7, 11) is 1.69. The maximum absolute atomic E-state index is 13.5. The molecule has 5 heterocycles. The van der Waals surface area contributed by atoms with Gasteiger partial charge in [0.1, 0.15) is 35.1 Å². The highest BCUT2D eigenvalue weighted by Crippen LogP contribution is 2.59. The highest BCUT2D eigenvalue weighted by atomic mass is 19.4. The van der Waals surface area contributed by atoms with E-state index in [0.29, 0.717) is 81.4 Å². The minimum absolute atomic E-state index is 0. The molecular weight excluding hydrogens is 1620 g/mol. The van der Waals surface area contributed by atoms with Crippen molar-refractivity contribution >= 4 is 0 Å². The number of alkyl halides is 19. The Labute approximate surface area is 705 Å². The van der Waals surface area contributed by atoms with Crippen molar-refractivity contribution in [2.75, 3.05) is 26.3 Å². The lowest BCUT2D eigenvalue weighted by molar-refractivity contribution is -0.300. The summed E-state index contributed by atoms with van der Waals surface area (Å²) in [6, 6.07) is 12.3. The summed E-state index contributed by atoms with van der Waals surface area (Å²) in [5, 5.41) is 12.5. The second-order valence-corrected chi connectivity index (χ2v) is 35.0. The van der Waals surface area contributed by atoms with Crippen LogP contribution < -0.4 is 0 Å². The van der Waals surface area contributed by atoms with Crippen molar-refractivity contribution in [2.24, 2.45) is 36.1 Å². The predicted molar refractivity (Wildman–Crippen MR) is 434 cm³/mol. The zero-order valence-corrected chi connectivity index (χ0v) is 74.5. The summed E-state index contributed by atoms with van der Waals surface area (Å²) in [6.45, 7) is 41.2. The lowest BCUT2D eigenvalue weighted by Crippen LogP contribution is -2.55. The SMILES string of the molecule is C.CC(C)C1CC(OC(C)(F)F)C1.CC(C)N1CC[C@H](OC(C)(F)F)C(F)(F)C1.CC(C)OCCC1(C(C)(F)F)CC1.CC(C)OC[C@@H]1C[C@H]1C(F)(F)F.CC(C)c1cc(C(C)(F)F)nn1C.CC(C)c1ccc(C(C)(F)F)cc1.CC(C)c1cnc(C(C)(F)F)c(C#N)c1.CC(C)c1cnc(C(C)(F)F)c(F)c1.CC(C)c1cnc(C2CC2)nc1. The van der Waals surface area contributed by atoms with E-state index in [-0.39, 0.29) is 91.7 Å². The Bertz CT molecular complexity index is 3790. The second kappa shape index (κ2) is 47.3. The van der Waals surface area contributed by atoms with E-state index in [0.717, 1.165) is 76.2 Å². The van der Waals surface area contributed by atoms with Crippen LogP contribution in [0.2, 0.25) is 0 Å². The molecule has 32 heteroatoms. The Kier molecular flexibility index (Phi) is 44.1. The molecule has 4 saturated carbocycles. The highest BCUT2D eigenvalue weighted by Gasteiger charge is 2.58. The number of pyridine rings is 2. The van der Waals surface area contributed by atoms with Crippen molar-refractivity contribution < 1.29 is 107 Å². The fraction of sp³-hybridized carbons (Fsp3) is 0.730. The number of aryl methyl sites for hydroxylation is 1. The highest BCUT2D eigenvalue weighted by molar-refractivity contribution is 5.39. The summed E-state index contributed by atoms with van der Waals surface area (Å²) in [5.41, 5.74) is 2.47. The zero-order valence-electron chi connectivity index (χ0n) is 74.5. The van der Waals surface area contributed by atoms with Crippen molar-refractivity contribution in [1.82, 2.24) is 34.6 Å². The first-order valence-corrected chi connectivity index (χ1v) is 40.9.